The summed E-state index contributed by atoms with van der Waals surface area (Å²) >= 11 is 0. The number of nitrogens with zero attached hydrogens (tertiary/aromatic N) is 1. The van der Waals surface area contributed by atoms with Crippen LogP contribution in [-0.2, 0) is 0 Å². The van der Waals surface area contributed by atoms with E-state index in [9.17, 15) is 0 Å². The fourth-order valence-corrected chi connectivity index (χ4v) is 4.65. The van der Waals surface area contributed by atoms with Gasteiger partial charge in [-0.15, -0.1) is 0 Å². The first-order chi connectivity index (χ1) is 8.26. The monoisotopic (exact) mass is 227 g/mol. The second-order valence-corrected chi connectivity index (χ2v) is 6.35. The molecule has 90 valence electrons. The van der Waals surface area contributed by atoms with E-state index in [1.807, 2.05) is 13.0 Å². The quantitative estimate of drug-likeness (QED) is 0.515. The summed E-state index contributed by atoms with van der Waals surface area (Å²) in [4.78, 5) is 0. The number of allylic oxidation sites excluding steroid dienone is 4. The molecule has 0 heterocycles. The second kappa shape index (κ2) is 4.33. The van der Waals surface area contributed by atoms with Crippen molar-refractivity contribution in [1.82, 2.24) is 0 Å². The van der Waals surface area contributed by atoms with Gasteiger partial charge >= 0.3 is 0 Å². The van der Waals surface area contributed by atoms with Gasteiger partial charge < -0.3 is 0 Å². The zero-order valence-corrected chi connectivity index (χ0v) is 10.6. The van der Waals surface area contributed by atoms with Gasteiger partial charge in [0.1, 0.15) is 0 Å². The van der Waals surface area contributed by atoms with Crippen LogP contribution < -0.4 is 0 Å². The zero-order chi connectivity index (χ0) is 11.8. The van der Waals surface area contributed by atoms with Crippen LogP contribution >= 0.6 is 0 Å². The maximum absolute atomic E-state index is 8.72. The van der Waals surface area contributed by atoms with Gasteiger partial charge in [-0.2, -0.15) is 5.26 Å². The molecule has 0 spiro atoms. The Balaban J connectivity index is 1.71. The summed E-state index contributed by atoms with van der Waals surface area (Å²) in [5.74, 6) is 4.83. The van der Waals surface area contributed by atoms with Crippen molar-refractivity contribution in [3.8, 4) is 6.07 Å². The van der Waals surface area contributed by atoms with Crippen molar-refractivity contribution >= 4 is 0 Å². The molecule has 4 bridgehead atoms. The van der Waals surface area contributed by atoms with E-state index in [1.165, 1.54) is 32.1 Å². The van der Waals surface area contributed by atoms with Crippen molar-refractivity contribution in [2.45, 2.75) is 39.0 Å². The molecular weight excluding hydrogens is 206 g/mol. The van der Waals surface area contributed by atoms with Gasteiger partial charge in [0.15, 0.2) is 0 Å². The predicted octanol–water partition coefficient (Wildman–Crippen LogP) is 4.08. The lowest BCUT2D eigenvalue weighted by atomic mass is 9.52. The van der Waals surface area contributed by atoms with Crippen LogP contribution in [0.4, 0.5) is 0 Å². The summed E-state index contributed by atoms with van der Waals surface area (Å²) in [5, 5.41) is 8.72. The van der Waals surface area contributed by atoms with E-state index >= 15 is 0 Å². The fraction of sp³-hybridized carbons (Fsp3) is 0.688. The van der Waals surface area contributed by atoms with Gasteiger partial charge in [-0.3, -0.25) is 0 Å². The number of rotatable bonds is 2. The summed E-state index contributed by atoms with van der Waals surface area (Å²) < 4.78 is 0. The Labute approximate surface area is 104 Å². The van der Waals surface area contributed by atoms with E-state index in [2.05, 4.69) is 18.2 Å². The first-order valence-corrected chi connectivity index (χ1v) is 7.01. The molecule has 0 aromatic rings. The minimum absolute atomic E-state index is 0.810. The van der Waals surface area contributed by atoms with E-state index in [0.29, 0.717) is 0 Å². The highest BCUT2D eigenvalue weighted by Crippen LogP contribution is 2.56. The lowest BCUT2D eigenvalue weighted by molar-refractivity contribution is -0.0161. The van der Waals surface area contributed by atoms with Gasteiger partial charge in [-0.05, 0) is 74.7 Å². The Morgan fingerprint density at radius 3 is 2.18 bits per heavy atom. The topological polar surface area (TPSA) is 23.8 Å². The summed E-state index contributed by atoms with van der Waals surface area (Å²) in [7, 11) is 0. The molecule has 4 aliphatic rings. The Hall–Kier alpha value is -1.03. The van der Waals surface area contributed by atoms with Crippen LogP contribution in [0.3, 0.4) is 0 Å². The van der Waals surface area contributed by atoms with Gasteiger partial charge in [0.2, 0.25) is 0 Å². The molecule has 4 fully saturated rings. The van der Waals surface area contributed by atoms with Crippen LogP contribution in [0.15, 0.2) is 23.8 Å². The smallest absolute Gasteiger partial charge is 0.0944 e. The molecule has 1 nitrogen and oxygen atoms in total. The second-order valence-electron chi connectivity index (χ2n) is 6.35. The molecule has 0 radical (unpaired) electrons. The summed E-state index contributed by atoms with van der Waals surface area (Å²) in [6, 6.07) is 2.18. The van der Waals surface area contributed by atoms with Crippen molar-refractivity contribution in [2.75, 3.05) is 0 Å². The van der Waals surface area contributed by atoms with Crippen molar-refractivity contribution in [3.63, 3.8) is 0 Å². The highest BCUT2D eigenvalue weighted by molar-refractivity contribution is 5.23. The lowest BCUT2D eigenvalue weighted by Crippen LogP contribution is -2.44. The summed E-state index contributed by atoms with van der Waals surface area (Å²) in [5.41, 5.74) is 0.810. The molecule has 0 amide bonds. The van der Waals surface area contributed by atoms with Crippen molar-refractivity contribution in [1.29, 1.82) is 5.26 Å². The van der Waals surface area contributed by atoms with Gasteiger partial charge in [0.05, 0.1) is 6.07 Å². The SMILES string of the molecule is C/C(C#N)=C\C=C\C1C2CC3CC(C2)CC1C3. The average Bonchev–Trinajstić information content (AvgIpc) is 2.31. The van der Waals surface area contributed by atoms with Gasteiger partial charge in [0.25, 0.3) is 0 Å². The molecule has 0 unspecified atom stereocenters. The van der Waals surface area contributed by atoms with Crippen LogP contribution in [-0.4, -0.2) is 0 Å². The molecule has 0 N–H and O–H groups in total. The molecule has 0 saturated heterocycles. The molecule has 1 heteroatoms. The first kappa shape index (κ1) is 11.1. The van der Waals surface area contributed by atoms with Crippen molar-refractivity contribution in [3.05, 3.63) is 23.8 Å². The molecule has 4 aliphatic carbocycles. The standard InChI is InChI=1S/C16H21N/c1-11(10-17)3-2-4-16-14-6-12-5-13(8-14)9-15(16)7-12/h2-4,12-16H,5-9H2,1H3/b4-2+,11-3+. The fourth-order valence-electron chi connectivity index (χ4n) is 4.65. The van der Waals surface area contributed by atoms with E-state index in [1.54, 1.807) is 0 Å². The zero-order valence-electron chi connectivity index (χ0n) is 10.6. The molecule has 0 aliphatic heterocycles. The van der Waals surface area contributed by atoms with E-state index in [0.717, 1.165) is 35.2 Å². The number of nitriles is 1. The number of hydrogen-bond donors (Lipinski definition) is 0. The normalized spacial score (nSPS) is 44.2. The third-order valence-electron chi connectivity index (χ3n) is 5.16. The van der Waals surface area contributed by atoms with E-state index in [-0.39, 0.29) is 0 Å². The first-order valence-electron chi connectivity index (χ1n) is 7.01. The Bertz CT molecular complexity index is 368. The van der Waals surface area contributed by atoms with Gasteiger partial charge in [0, 0.05) is 5.57 Å². The molecule has 4 rings (SSSR count). The highest BCUT2D eigenvalue weighted by Gasteiger charge is 2.46. The maximum Gasteiger partial charge on any atom is 0.0944 e. The average molecular weight is 227 g/mol. The Morgan fingerprint density at radius 2 is 1.65 bits per heavy atom. The van der Waals surface area contributed by atoms with Crippen LogP contribution in [0, 0.1) is 40.9 Å². The molecule has 0 atom stereocenters. The molecule has 0 aromatic carbocycles. The van der Waals surface area contributed by atoms with Crippen LogP contribution in [0.1, 0.15) is 39.0 Å². The predicted molar refractivity (Wildman–Crippen MR) is 69.0 cm³/mol. The molecule has 17 heavy (non-hydrogen) atoms. The minimum Gasteiger partial charge on any atom is -0.193 e. The third-order valence-corrected chi connectivity index (χ3v) is 5.16. The highest BCUT2D eigenvalue weighted by atomic mass is 14.5. The molecule has 0 aromatic heterocycles. The Kier molecular flexibility index (Phi) is 2.82. The van der Waals surface area contributed by atoms with Crippen LogP contribution in [0.5, 0.6) is 0 Å². The number of hydrogen-bond acceptors (Lipinski definition) is 1. The largest absolute Gasteiger partial charge is 0.193 e. The molecular formula is C16H21N. The summed E-state index contributed by atoms with van der Waals surface area (Å²) in [6.45, 7) is 1.88. The summed E-state index contributed by atoms with van der Waals surface area (Å²) in [6.07, 6.45) is 13.9. The van der Waals surface area contributed by atoms with E-state index < -0.39 is 0 Å². The van der Waals surface area contributed by atoms with Crippen molar-refractivity contribution < 1.29 is 0 Å². The van der Waals surface area contributed by atoms with Crippen molar-refractivity contribution in [2.24, 2.45) is 29.6 Å². The Morgan fingerprint density at radius 1 is 1.06 bits per heavy atom. The third kappa shape index (κ3) is 2.06. The van der Waals surface area contributed by atoms with Gasteiger partial charge in [-0.25, -0.2) is 0 Å². The minimum atomic E-state index is 0.810. The van der Waals surface area contributed by atoms with Crippen LogP contribution in [0.25, 0.3) is 0 Å². The lowest BCUT2D eigenvalue weighted by Gasteiger charge is -2.53. The molecule has 4 saturated carbocycles. The van der Waals surface area contributed by atoms with Gasteiger partial charge in [-0.1, -0.05) is 12.2 Å². The van der Waals surface area contributed by atoms with Crippen LogP contribution in [0.2, 0.25) is 0 Å². The maximum atomic E-state index is 8.72. The van der Waals surface area contributed by atoms with E-state index in [4.69, 9.17) is 5.26 Å².